The highest BCUT2D eigenvalue weighted by Crippen LogP contribution is 2.53. The van der Waals surface area contributed by atoms with Gasteiger partial charge in [-0.1, -0.05) is 0 Å². The Labute approximate surface area is 215 Å². The van der Waals surface area contributed by atoms with Crippen LogP contribution in [0.25, 0.3) is 0 Å². The number of methoxy groups -OCH3 is 3. The molecule has 0 N–H and O–H groups in total. The van der Waals surface area contributed by atoms with Gasteiger partial charge in [-0.2, -0.15) is 0 Å². The summed E-state index contributed by atoms with van der Waals surface area (Å²) in [6, 6.07) is 7.76. The lowest BCUT2D eigenvalue weighted by Crippen LogP contribution is -2.42. The topological polar surface area (TPSA) is 88.2 Å². The van der Waals surface area contributed by atoms with Crippen LogP contribution in [-0.4, -0.2) is 85.0 Å². The average molecular weight is 511 g/mol. The van der Waals surface area contributed by atoms with Crippen molar-refractivity contribution in [2.24, 2.45) is 0 Å². The van der Waals surface area contributed by atoms with Gasteiger partial charge >= 0.3 is 5.97 Å². The van der Waals surface area contributed by atoms with Crippen LogP contribution in [0.4, 0.5) is 5.69 Å². The lowest BCUT2D eigenvalue weighted by molar-refractivity contribution is -0.136. The number of benzene rings is 2. The van der Waals surface area contributed by atoms with Gasteiger partial charge in [-0.05, 0) is 29.3 Å². The number of ether oxygens (including phenoxy) is 7. The number of rotatable bonds is 7. The molecule has 6 rings (SSSR count). The Balaban J connectivity index is 1.49. The lowest BCUT2D eigenvalue weighted by atomic mass is 9.80. The van der Waals surface area contributed by atoms with Crippen molar-refractivity contribution in [2.75, 3.05) is 79.0 Å². The van der Waals surface area contributed by atoms with Gasteiger partial charge in [0.15, 0.2) is 23.0 Å². The zero-order valence-electron chi connectivity index (χ0n) is 21.2. The van der Waals surface area contributed by atoms with Crippen molar-refractivity contribution in [1.29, 1.82) is 0 Å². The number of carbonyl (C=O) groups excluding carboxylic acids is 1. The molecule has 37 heavy (non-hydrogen) atoms. The van der Waals surface area contributed by atoms with Crippen molar-refractivity contribution in [2.45, 2.75) is 5.92 Å². The largest absolute Gasteiger partial charge is 0.493 e. The molecule has 1 atom stereocenters. The Kier molecular flexibility index (Phi) is 6.21. The van der Waals surface area contributed by atoms with Crippen LogP contribution >= 0.6 is 0 Å². The van der Waals surface area contributed by atoms with E-state index in [1.54, 1.807) is 21.3 Å². The Morgan fingerprint density at radius 2 is 1.59 bits per heavy atom. The van der Waals surface area contributed by atoms with Crippen molar-refractivity contribution in [1.82, 2.24) is 4.90 Å². The average Bonchev–Trinajstić information content (AvgIpc) is 3.56. The van der Waals surface area contributed by atoms with Crippen molar-refractivity contribution in [3.05, 3.63) is 46.7 Å². The number of carbonyl (C=O) groups is 1. The lowest BCUT2D eigenvalue weighted by Gasteiger charge is -2.37. The summed E-state index contributed by atoms with van der Waals surface area (Å²) in [4.78, 5) is 17.8. The second-order valence-electron chi connectivity index (χ2n) is 9.20. The molecule has 10 nitrogen and oxygen atoms in total. The molecule has 10 heteroatoms. The van der Waals surface area contributed by atoms with Gasteiger partial charge in [0.25, 0.3) is 0 Å². The quantitative estimate of drug-likeness (QED) is 0.518. The fourth-order valence-electron chi connectivity index (χ4n) is 5.56. The zero-order valence-corrected chi connectivity index (χ0v) is 21.2. The molecule has 4 aliphatic heterocycles. The first-order valence-electron chi connectivity index (χ1n) is 12.3. The molecule has 0 aromatic heterocycles. The van der Waals surface area contributed by atoms with E-state index in [9.17, 15) is 4.79 Å². The van der Waals surface area contributed by atoms with Gasteiger partial charge in [-0.25, -0.2) is 4.79 Å². The normalized spacial score (nSPS) is 20.5. The van der Waals surface area contributed by atoms with Crippen molar-refractivity contribution in [3.8, 4) is 28.7 Å². The van der Waals surface area contributed by atoms with E-state index in [0.717, 1.165) is 55.4 Å². The van der Waals surface area contributed by atoms with Gasteiger partial charge in [0.1, 0.15) is 6.61 Å². The number of cyclic esters (lactones) is 1. The fourth-order valence-corrected chi connectivity index (χ4v) is 5.56. The van der Waals surface area contributed by atoms with Crippen LogP contribution in [0, 0.1) is 0 Å². The van der Waals surface area contributed by atoms with Crippen LogP contribution in [0.15, 0.2) is 35.5 Å². The van der Waals surface area contributed by atoms with Crippen LogP contribution in [0.1, 0.15) is 17.0 Å². The standard InChI is InChI=1S/C27H30N2O8/c1-31-22-10-16(11-23(32-2)26(22)33-3)24-17-12-20-21(37-15-36-20)13-18(17)29(19-14-35-27(30)25(19)24)5-4-28-6-8-34-9-7-28/h10-13,24H,4-9,14-15H2,1-3H3. The highest BCUT2D eigenvalue weighted by molar-refractivity contribution is 5.98. The van der Waals surface area contributed by atoms with Gasteiger partial charge in [-0.3, -0.25) is 4.90 Å². The van der Waals surface area contributed by atoms with E-state index in [-0.39, 0.29) is 19.4 Å². The minimum absolute atomic E-state index is 0.163. The summed E-state index contributed by atoms with van der Waals surface area (Å²) >= 11 is 0. The highest BCUT2D eigenvalue weighted by Gasteiger charge is 2.43. The predicted molar refractivity (Wildman–Crippen MR) is 133 cm³/mol. The van der Waals surface area contributed by atoms with Crippen LogP contribution in [0.3, 0.4) is 0 Å². The molecule has 0 bridgehead atoms. The predicted octanol–water partition coefficient (Wildman–Crippen LogP) is 2.54. The van der Waals surface area contributed by atoms with E-state index in [4.69, 9.17) is 33.2 Å². The third kappa shape index (κ3) is 4.00. The summed E-state index contributed by atoms with van der Waals surface area (Å²) in [5.74, 6) is 2.12. The van der Waals surface area contributed by atoms with Crippen molar-refractivity contribution < 1.29 is 38.0 Å². The first kappa shape index (κ1) is 23.7. The smallest absolute Gasteiger partial charge is 0.337 e. The van der Waals surface area contributed by atoms with E-state index in [1.807, 2.05) is 24.3 Å². The minimum atomic E-state index is -0.414. The number of esters is 1. The highest BCUT2D eigenvalue weighted by atomic mass is 16.7. The maximum atomic E-state index is 13.2. The zero-order chi connectivity index (χ0) is 25.5. The molecule has 4 aliphatic rings. The molecule has 0 saturated carbocycles. The maximum Gasteiger partial charge on any atom is 0.337 e. The number of hydrogen-bond donors (Lipinski definition) is 0. The Bertz CT molecular complexity index is 1230. The summed E-state index contributed by atoms with van der Waals surface area (Å²) in [6.07, 6.45) is 0. The summed E-state index contributed by atoms with van der Waals surface area (Å²) < 4.78 is 39.4. The molecule has 2 aromatic carbocycles. The van der Waals surface area contributed by atoms with E-state index in [2.05, 4.69) is 9.80 Å². The SMILES string of the molecule is COc1cc(C2C3=C(COC3=O)N(CCN3CCOCC3)c3cc4c(cc32)OCO4)cc(OC)c1OC. The molecule has 2 aromatic rings. The Hall–Kier alpha value is -3.63. The van der Waals surface area contributed by atoms with Crippen molar-refractivity contribution in [3.63, 3.8) is 0 Å². The van der Waals surface area contributed by atoms with E-state index >= 15 is 0 Å². The van der Waals surface area contributed by atoms with Gasteiger partial charge in [-0.15, -0.1) is 0 Å². The molecule has 0 aliphatic carbocycles. The minimum Gasteiger partial charge on any atom is -0.493 e. The summed E-state index contributed by atoms with van der Waals surface area (Å²) in [5, 5.41) is 0. The number of fused-ring (bicyclic) bond motifs is 2. The molecule has 1 saturated heterocycles. The van der Waals surface area contributed by atoms with Crippen LogP contribution in [0.5, 0.6) is 28.7 Å². The molecular formula is C27H30N2O8. The fraction of sp³-hybridized carbons (Fsp3) is 0.444. The van der Waals surface area contributed by atoms with Gasteiger partial charge in [0.2, 0.25) is 12.5 Å². The van der Waals surface area contributed by atoms with E-state index in [0.29, 0.717) is 40.9 Å². The molecule has 0 radical (unpaired) electrons. The maximum absolute atomic E-state index is 13.2. The monoisotopic (exact) mass is 510 g/mol. The van der Waals surface area contributed by atoms with E-state index in [1.165, 1.54) is 0 Å². The van der Waals surface area contributed by atoms with Crippen LogP contribution in [0.2, 0.25) is 0 Å². The molecule has 4 heterocycles. The number of hydrogen-bond acceptors (Lipinski definition) is 10. The van der Waals surface area contributed by atoms with Gasteiger partial charge in [0.05, 0.1) is 45.8 Å². The molecule has 0 amide bonds. The Morgan fingerprint density at radius 3 is 2.27 bits per heavy atom. The van der Waals surface area contributed by atoms with Crippen molar-refractivity contribution >= 4 is 11.7 Å². The molecule has 1 unspecified atom stereocenters. The third-order valence-corrected chi connectivity index (χ3v) is 7.37. The first-order valence-corrected chi connectivity index (χ1v) is 12.3. The van der Waals surface area contributed by atoms with E-state index < -0.39 is 5.92 Å². The van der Waals surface area contributed by atoms with Crippen LogP contribution in [-0.2, 0) is 14.3 Å². The second kappa shape index (κ2) is 9.68. The van der Waals surface area contributed by atoms with Gasteiger partial charge < -0.3 is 38.1 Å². The third-order valence-electron chi connectivity index (χ3n) is 7.37. The number of anilines is 1. The first-order chi connectivity index (χ1) is 18.1. The molecule has 0 spiro atoms. The second-order valence-corrected chi connectivity index (χ2v) is 9.20. The summed E-state index contributed by atoms with van der Waals surface area (Å²) in [7, 11) is 4.73. The molecule has 196 valence electrons. The Morgan fingerprint density at radius 1 is 0.892 bits per heavy atom. The summed E-state index contributed by atoms with van der Waals surface area (Å²) in [5.41, 5.74) is 4.20. The molecular weight excluding hydrogens is 480 g/mol. The number of nitrogens with zero attached hydrogens (tertiary/aromatic N) is 2. The number of morpholine rings is 1. The summed E-state index contributed by atoms with van der Waals surface area (Å²) in [6.45, 7) is 5.14. The molecule has 1 fully saturated rings. The van der Waals surface area contributed by atoms with Crippen LogP contribution < -0.4 is 28.6 Å². The van der Waals surface area contributed by atoms with Gasteiger partial charge in [0, 0.05) is 43.9 Å².